The van der Waals surface area contributed by atoms with E-state index in [4.69, 9.17) is 21.1 Å². The standard InChI is InChI=1S/C42H54ClN5O6/c1-41(2,3)53-39(51)45-22-21-44-34-14-10-9-13-33(34)29-19-23-47(24-20-29)38(50)35(25-28-15-17-32(43)18-16-28)46-37(49)36-26-30-11-7-8-12-31(30)27-48(36)40(52)54-42(4,5)6/h7-18,29,35-36,44H,19-27H2,1-6H3,(H,45,51)(H,46,49)/t35-,36+/m1/s1. The van der Waals surface area contributed by atoms with Crippen molar-refractivity contribution in [3.63, 3.8) is 0 Å². The molecule has 5 rings (SSSR count). The number of benzene rings is 3. The number of carbonyl (C=O) groups excluding carboxylic acids is 4. The lowest BCUT2D eigenvalue weighted by atomic mass is 9.88. The van der Waals surface area contributed by atoms with E-state index in [0.29, 0.717) is 37.6 Å². The van der Waals surface area contributed by atoms with Crippen molar-refractivity contribution in [2.45, 2.75) is 103 Å². The van der Waals surface area contributed by atoms with Crippen LogP contribution in [-0.2, 0) is 38.4 Å². The van der Waals surface area contributed by atoms with Gasteiger partial charge in [0.25, 0.3) is 0 Å². The highest BCUT2D eigenvalue weighted by Gasteiger charge is 2.39. The number of amides is 4. The first-order chi connectivity index (χ1) is 25.6. The van der Waals surface area contributed by atoms with Gasteiger partial charge < -0.3 is 30.3 Å². The quantitative estimate of drug-likeness (QED) is 0.189. The van der Waals surface area contributed by atoms with E-state index in [1.165, 1.54) is 4.90 Å². The van der Waals surface area contributed by atoms with Gasteiger partial charge in [0.15, 0.2) is 0 Å². The summed E-state index contributed by atoms with van der Waals surface area (Å²) < 4.78 is 11.1. The van der Waals surface area contributed by atoms with Gasteiger partial charge in [-0.25, -0.2) is 9.59 Å². The van der Waals surface area contributed by atoms with Crippen LogP contribution in [0.25, 0.3) is 0 Å². The fourth-order valence-electron chi connectivity index (χ4n) is 6.92. The summed E-state index contributed by atoms with van der Waals surface area (Å²) >= 11 is 6.17. The monoisotopic (exact) mass is 759 g/mol. The van der Waals surface area contributed by atoms with Crippen LogP contribution in [0.5, 0.6) is 0 Å². The lowest BCUT2D eigenvalue weighted by Gasteiger charge is -2.38. The van der Waals surface area contributed by atoms with Crippen LogP contribution in [0, 0.1) is 0 Å². The number of alkyl carbamates (subject to hydrolysis) is 1. The first-order valence-corrected chi connectivity index (χ1v) is 19.1. The summed E-state index contributed by atoms with van der Waals surface area (Å²) in [5.74, 6) is -0.360. The van der Waals surface area contributed by atoms with Crippen molar-refractivity contribution in [1.29, 1.82) is 0 Å². The zero-order valence-corrected chi connectivity index (χ0v) is 33.0. The Hall–Kier alpha value is -4.77. The number of anilines is 1. The van der Waals surface area contributed by atoms with Crippen molar-refractivity contribution in [3.8, 4) is 0 Å². The summed E-state index contributed by atoms with van der Waals surface area (Å²) in [5.41, 5.74) is 3.63. The molecule has 1 saturated heterocycles. The molecular formula is C42H54ClN5O6. The molecule has 3 N–H and O–H groups in total. The number of para-hydroxylation sites is 1. The molecule has 3 aromatic rings. The van der Waals surface area contributed by atoms with Crippen molar-refractivity contribution in [3.05, 3.63) is 100 Å². The number of likely N-dealkylation sites (tertiary alicyclic amines) is 1. The maximum absolute atomic E-state index is 14.3. The van der Waals surface area contributed by atoms with Gasteiger partial charge in [-0.1, -0.05) is 66.2 Å². The Morgan fingerprint density at radius 2 is 1.44 bits per heavy atom. The van der Waals surface area contributed by atoms with Crippen molar-refractivity contribution >= 4 is 41.3 Å². The number of rotatable bonds is 10. The smallest absolute Gasteiger partial charge is 0.411 e. The van der Waals surface area contributed by atoms with E-state index < -0.39 is 41.4 Å². The molecule has 4 amide bonds. The molecule has 0 radical (unpaired) electrons. The van der Waals surface area contributed by atoms with Crippen molar-refractivity contribution in [2.75, 3.05) is 31.5 Å². The van der Waals surface area contributed by atoms with Crippen LogP contribution in [0.3, 0.4) is 0 Å². The van der Waals surface area contributed by atoms with Crippen molar-refractivity contribution in [2.24, 2.45) is 0 Å². The lowest BCUT2D eigenvalue weighted by molar-refractivity contribution is -0.138. The fraction of sp³-hybridized carbons (Fsp3) is 0.476. The first-order valence-electron chi connectivity index (χ1n) is 18.8. The minimum Gasteiger partial charge on any atom is -0.444 e. The highest BCUT2D eigenvalue weighted by atomic mass is 35.5. The van der Waals surface area contributed by atoms with Gasteiger partial charge in [-0.15, -0.1) is 0 Å². The number of nitrogens with one attached hydrogen (secondary N) is 3. The zero-order chi connectivity index (χ0) is 39.0. The highest BCUT2D eigenvalue weighted by molar-refractivity contribution is 6.30. The third kappa shape index (κ3) is 11.4. The van der Waals surface area contributed by atoms with Crippen molar-refractivity contribution < 1.29 is 28.7 Å². The van der Waals surface area contributed by atoms with Gasteiger partial charge in [0.2, 0.25) is 11.8 Å². The molecule has 54 heavy (non-hydrogen) atoms. The molecule has 2 aliphatic heterocycles. The molecule has 0 unspecified atom stereocenters. The molecular weight excluding hydrogens is 706 g/mol. The summed E-state index contributed by atoms with van der Waals surface area (Å²) in [6, 6.07) is 21.4. The van der Waals surface area contributed by atoms with Crippen molar-refractivity contribution in [1.82, 2.24) is 20.4 Å². The van der Waals surface area contributed by atoms with E-state index >= 15 is 0 Å². The Labute approximate surface area is 324 Å². The molecule has 2 heterocycles. The maximum atomic E-state index is 14.3. The van der Waals surface area contributed by atoms with Crippen LogP contribution in [0.15, 0.2) is 72.8 Å². The molecule has 2 aliphatic rings. The number of carbonyl (C=O) groups is 4. The average Bonchev–Trinajstić information content (AvgIpc) is 3.12. The van der Waals surface area contributed by atoms with Gasteiger partial charge >= 0.3 is 12.2 Å². The number of hydrogen-bond acceptors (Lipinski definition) is 7. The van der Waals surface area contributed by atoms with E-state index in [-0.39, 0.29) is 24.8 Å². The van der Waals surface area contributed by atoms with Gasteiger partial charge in [0, 0.05) is 49.7 Å². The molecule has 0 bridgehead atoms. The Morgan fingerprint density at radius 1 is 0.815 bits per heavy atom. The van der Waals surface area contributed by atoms with E-state index in [2.05, 4.69) is 22.0 Å². The Kier molecular flexibility index (Phi) is 13.2. The van der Waals surface area contributed by atoms with Crippen LogP contribution < -0.4 is 16.0 Å². The van der Waals surface area contributed by atoms with Crippen LogP contribution in [0.4, 0.5) is 15.3 Å². The topological polar surface area (TPSA) is 129 Å². The second kappa shape index (κ2) is 17.6. The maximum Gasteiger partial charge on any atom is 0.411 e. The predicted octanol–water partition coefficient (Wildman–Crippen LogP) is 7.07. The molecule has 11 nitrogen and oxygen atoms in total. The number of nitrogens with zero attached hydrogens (tertiary/aromatic N) is 2. The number of fused-ring (bicyclic) bond motifs is 1. The van der Waals surface area contributed by atoms with Gasteiger partial charge in [-0.2, -0.15) is 0 Å². The summed E-state index contributed by atoms with van der Waals surface area (Å²) in [6.07, 6.45) is 1.03. The zero-order valence-electron chi connectivity index (χ0n) is 32.2. The highest BCUT2D eigenvalue weighted by Crippen LogP contribution is 2.33. The summed E-state index contributed by atoms with van der Waals surface area (Å²) in [7, 11) is 0. The SMILES string of the molecule is CC(C)(C)OC(=O)NCCNc1ccccc1C1CCN(C(=O)[C@@H](Cc2ccc(Cl)cc2)NC(=O)[C@@H]2Cc3ccccc3CN2C(=O)OC(C)(C)C)CC1. The molecule has 0 saturated carbocycles. The van der Waals surface area contributed by atoms with Gasteiger partial charge in [0.1, 0.15) is 23.3 Å². The molecule has 0 aliphatic carbocycles. The molecule has 12 heteroatoms. The predicted molar refractivity (Wildman–Crippen MR) is 211 cm³/mol. The van der Waals surface area contributed by atoms with Gasteiger partial charge in [-0.3, -0.25) is 14.5 Å². The minimum atomic E-state index is -0.862. The Balaban J connectivity index is 1.27. The second-order valence-corrected chi connectivity index (χ2v) is 16.5. The largest absolute Gasteiger partial charge is 0.444 e. The molecule has 1 fully saturated rings. The van der Waals surface area contributed by atoms with E-state index in [1.807, 2.05) is 80.3 Å². The lowest BCUT2D eigenvalue weighted by Crippen LogP contribution is -2.58. The van der Waals surface area contributed by atoms with E-state index in [9.17, 15) is 19.2 Å². The molecule has 2 atom stereocenters. The van der Waals surface area contributed by atoms with Crippen LogP contribution in [0.2, 0.25) is 5.02 Å². The first kappa shape index (κ1) is 40.4. The third-order valence-corrected chi connectivity index (χ3v) is 9.71. The van der Waals surface area contributed by atoms with Crippen LogP contribution in [0.1, 0.15) is 82.6 Å². The molecule has 290 valence electrons. The normalized spacial score (nSPS) is 16.8. The molecule has 0 aromatic heterocycles. The Bertz CT molecular complexity index is 1780. The summed E-state index contributed by atoms with van der Waals surface area (Å²) in [5, 5.41) is 9.88. The van der Waals surface area contributed by atoms with Gasteiger partial charge in [-0.05, 0) is 101 Å². The number of halogens is 1. The minimum absolute atomic E-state index is 0.170. The fourth-order valence-corrected chi connectivity index (χ4v) is 7.04. The molecule has 3 aromatic carbocycles. The summed E-state index contributed by atoms with van der Waals surface area (Å²) in [6.45, 7) is 13.1. The molecule has 0 spiro atoms. The number of hydrogen-bond donors (Lipinski definition) is 3. The average molecular weight is 760 g/mol. The van der Waals surface area contributed by atoms with Crippen LogP contribution >= 0.6 is 11.6 Å². The Morgan fingerprint density at radius 3 is 2.11 bits per heavy atom. The second-order valence-electron chi connectivity index (χ2n) is 16.0. The summed E-state index contributed by atoms with van der Waals surface area (Å²) in [4.78, 5) is 57.4. The number of ether oxygens (including phenoxy) is 2. The van der Waals surface area contributed by atoms with E-state index in [1.54, 1.807) is 32.9 Å². The number of piperidine rings is 1. The van der Waals surface area contributed by atoms with E-state index in [0.717, 1.165) is 40.8 Å². The third-order valence-electron chi connectivity index (χ3n) is 9.46. The van der Waals surface area contributed by atoms with Crippen LogP contribution in [-0.4, -0.2) is 83.3 Å². The van der Waals surface area contributed by atoms with Gasteiger partial charge in [0.05, 0.1) is 6.54 Å².